The third-order valence-electron chi connectivity index (χ3n) is 2.77. The highest BCUT2D eigenvalue weighted by Gasteiger charge is 2.18. The molecule has 1 fully saturated rings. The zero-order valence-electron chi connectivity index (χ0n) is 9.31. The van der Waals surface area contributed by atoms with Crippen molar-refractivity contribution in [1.82, 2.24) is 9.97 Å². The quantitative estimate of drug-likeness (QED) is 0.740. The average molecular weight is 207 g/mol. The number of rotatable bonds is 2. The number of anilines is 1. The second kappa shape index (κ2) is 4.47. The molecule has 0 spiro atoms. The minimum Gasteiger partial charge on any atom is -0.481 e. The Morgan fingerprint density at radius 1 is 1.53 bits per heavy atom. The summed E-state index contributed by atoms with van der Waals surface area (Å²) < 4.78 is 5.09. The van der Waals surface area contributed by atoms with Gasteiger partial charge < -0.3 is 9.64 Å². The maximum absolute atomic E-state index is 5.09. The predicted molar refractivity (Wildman–Crippen MR) is 59.2 cm³/mol. The first kappa shape index (κ1) is 10.2. The maximum Gasteiger partial charge on any atom is 0.228 e. The van der Waals surface area contributed by atoms with Crippen LogP contribution in [0, 0.1) is 5.92 Å². The molecule has 0 aromatic carbocycles. The lowest BCUT2D eigenvalue weighted by atomic mass is 10.0. The summed E-state index contributed by atoms with van der Waals surface area (Å²) in [4.78, 5) is 10.9. The molecular weight excluding hydrogens is 190 g/mol. The third-order valence-corrected chi connectivity index (χ3v) is 2.77. The summed E-state index contributed by atoms with van der Waals surface area (Å²) in [6.45, 7) is 4.37. The number of nitrogens with zero attached hydrogens (tertiary/aromatic N) is 3. The van der Waals surface area contributed by atoms with Crippen molar-refractivity contribution >= 4 is 5.95 Å². The topological polar surface area (TPSA) is 38.2 Å². The first-order valence-electron chi connectivity index (χ1n) is 5.41. The summed E-state index contributed by atoms with van der Waals surface area (Å²) >= 11 is 0. The van der Waals surface area contributed by atoms with Crippen molar-refractivity contribution in [3.63, 3.8) is 0 Å². The number of methoxy groups -OCH3 is 1. The van der Waals surface area contributed by atoms with Gasteiger partial charge in [-0.25, -0.2) is 4.98 Å². The van der Waals surface area contributed by atoms with E-state index in [4.69, 9.17) is 4.74 Å². The van der Waals surface area contributed by atoms with Crippen LogP contribution < -0.4 is 9.64 Å². The molecule has 4 nitrogen and oxygen atoms in total. The summed E-state index contributed by atoms with van der Waals surface area (Å²) in [7, 11) is 1.63. The van der Waals surface area contributed by atoms with E-state index in [1.54, 1.807) is 19.4 Å². The average Bonchev–Trinajstić information content (AvgIpc) is 2.29. The van der Waals surface area contributed by atoms with Crippen molar-refractivity contribution in [1.29, 1.82) is 0 Å². The van der Waals surface area contributed by atoms with Gasteiger partial charge in [-0.2, -0.15) is 4.98 Å². The highest BCUT2D eigenvalue weighted by molar-refractivity contribution is 5.32. The van der Waals surface area contributed by atoms with Gasteiger partial charge in [-0.15, -0.1) is 0 Å². The molecule has 15 heavy (non-hydrogen) atoms. The maximum atomic E-state index is 5.09. The molecule has 4 heteroatoms. The molecule has 1 aliphatic heterocycles. The fraction of sp³-hybridized carbons (Fsp3) is 0.636. The van der Waals surface area contributed by atoms with Crippen LogP contribution in [0.1, 0.15) is 19.8 Å². The highest BCUT2D eigenvalue weighted by Crippen LogP contribution is 2.20. The minimum absolute atomic E-state index is 0.637. The van der Waals surface area contributed by atoms with Crippen LogP contribution in [0.2, 0.25) is 0 Å². The van der Waals surface area contributed by atoms with Gasteiger partial charge in [0.2, 0.25) is 11.8 Å². The smallest absolute Gasteiger partial charge is 0.228 e. The van der Waals surface area contributed by atoms with Crippen LogP contribution in [0.25, 0.3) is 0 Å². The molecule has 1 unspecified atom stereocenters. The van der Waals surface area contributed by atoms with Crippen LogP contribution >= 0.6 is 0 Å². The first-order chi connectivity index (χ1) is 7.29. The Morgan fingerprint density at radius 2 is 2.40 bits per heavy atom. The molecule has 1 aliphatic rings. The van der Waals surface area contributed by atoms with Gasteiger partial charge in [0.1, 0.15) is 0 Å². The van der Waals surface area contributed by atoms with Gasteiger partial charge >= 0.3 is 0 Å². The van der Waals surface area contributed by atoms with Crippen molar-refractivity contribution < 1.29 is 4.74 Å². The zero-order chi connectivity index (χ0) is 10.7. The Hall–Kier alpha value is -1.32. The SMILES string of the molecule is COc1ccnc(N2CCCC(C)C2)n1. The van der Waals surface area contributed by atoms with Crippen molar-refractivity contribution in [2.24, 2.45) is 5.92 Å². The molecule has 82 valence electrons. The van der Waals surface area contributed by atoms with Gasteiger partial charge in [-0.3, -0.25) is 0 Å². The summed E-state index contributed by atoms with van der Waals surface area (Å²) in [5, 5.41) is 0. The van der Waals surface area contributed by atoms with E-state index in [-0.39, 0.29) is 0 Å². The fourth-order valence-corrected chi connectivity index (χ4v) is 1.97. The van der Waals surface area contributed by atoms with Crippen LogP contribution in [-0.2, 0) is 0 Å². The number of hydrogen-bond donors (Lipinski definition) is 0. The Kier molecular flexibility index (Phi) is 3.04. The van der Waals surface area contributed by atoms with Gasteiger partial charge in [0, 0.05) is 25.4 Å². The normalized spacial score (nSPS) is 21.5. The monoisotopic (exact) mass is 207 g/mol. The lowest BCUT2D eigenvalue weighted by molar-refractivity contribution is 0.393. The van der Waals surface area contributed by atoms with Gasteiger partial charge in [0.05, 0.1) is 7.11 Å². The predicted octanol–water partition coefficient (Wildman–Crippen LogP) is 1.72. The summed E-state index contributed by atoms with van der Waals surface area (Å²) in [6.07, 6.45) is 4.28. The van der Waals surface area contributed by atoms with E-state index >= 15 is 0 Å². The van der Waals surface area contributed by atoms with Gasteiger partial charge in [0.15, 0.2) is 0 Å². The third kappa shape index (κ3) is 2.37. The molecule has 0 amide bonds. The van der Waals surface area contributed by atoms with Gasteiger partial charge in [0.25, 0.3) is 0 Å². The molecule has 1 aromatic rings. The second-order valence-corrected chi connectivity index (χ2v) is 4.09. The minimum atomic E-state index is 0.637. The fourth-order valence-electron chi connectivity index (χ4n) is 1.97. The van der Waals surface area contributed by atoms with Gasteiger partial charge in [-0.1, -0.05) is 6.92 Å². The van der Waals surface area contributed by atoms with E-state index in [0.717, 1.165) is 25.0 Å². The van der Waals surface area contributed by atoms with E-state index in [1.165, 1.54) is 12.8 Å². The van der Waals surface area contributed by atoms with Crippen LogP contribution in [0.5, 0.6) is 5.88 Å². The molecule has 0 radical (unpaired) electrons. The Morgan fingerprint density at radius 3 is 3.13 bits per heavy atom. The summed E-state index contributed by atoms with van der Waals surface area (Å²) in [5.74, 6) is 2.16. The van der Waals surface area contributed by atoms with Crippen LogP contribution in [0.15, 0.2) is 12.3 Å². The van der Waals surface area contributed by atoms with Crippen molar-refractivity contribution in [2.45, 2.75) is 19.8 Å². The van der Waals surface area contributed by atoms with E-state index in [2.05, 4.69) is 21.8 Å². The van der Waals surface area contributed by atoms with Crippen molar-refractivity contribution in [2.75, 3.05) is 25.1 Å². The second-order valence-electron chi connectivity index (χ2n) is 4.09. The molecule has 2 rings (SSSR count). The Labute approximate surface area is 90.3 Å². The molecule has 1 aromatic heterocycles. The lowest BCUT2D eigenvalue weighted by Crippen LogP contribution is -2.35. The Balaban J connectivity index is 2.13. The summed E-state index contributed by atoms with van der Waals surface area (Å²) in [6, 6.07) is 1.77. The van der Waals surface area contributed by atoms with E-state index < -0.39 is 0 Å². The standard InChI is InChI=1S/C11H17N3O/c1-9-4-3-7-14(8-9)11-12-6-5-10(13-11)15-2/h5-6,9H,3-4,7-8H2,1-2H3. The van der Waals surface area contributed by atoms with Crippen LogP contribution in [0.4, 0.5) is 5.95 Å². The largest absolute Gasteiger partial charge is 0.481 e. The van der Waals surface area contributed by atoms with Crippen LogP contribution in [-0.4, -0.2) is 30.2 Å². The van der Waals surface area contributed by atoms with Gasteiger partial charge in [-0.05, 0) is 18.8 Å². The summed E-state index contributed by atoms with van der Waals surface area (Å²) in [5.41, 5.74) is 0. The van der Waals surface area contributed by atoms with E-state index in [1.807, 2.05) is 0 Å². The number of ether oxygens (including phenoxy) is 1. The lowest BCUT2D eigenvalue weighted by Gasteiger charge is -2.30. The number of hydrogen-bond acceptors (Lipinski definition) is 4. The number of aromatic nitrogens is 2. The molecule has 1 saturated heterocycles. The molecule has 0 N–H and O–H groups in total. The molecular formula is C11H17N3O. The van der Waals surface area contributed by atoms with Crippen LogP contribution in [0.3, 0.4) is 0 Å². The van der Waals surface area contributed by atoms with E-state index in [0.29, 0.717) is 5.88 Å². The van der Waals surface area contributed by atoms with Crippen molar-refractivity contribution in [3.8, 4) is 5.88 Å². The molecule has 0 bridgehead atoms. The molecule has 0 aliphatic carbocycles. The zero-order valence-corrected chi connectivity index (χ0v) is 9.31. The first-order valence-corrected chi connectivity index (χ1v) is 5.41. The van der Waals surface area contributed by atoms with E-state index in [9.17, 15) is 0 Å². The molecule has 0 saturated carbocycles. The Bertz CT molecular complexity index is 329. The van der Waals surface area contributed by atoms with Crippen molar-refractivity contribution in [3.05, 3.63) is 12.3 Å². The highest BCUT2D eigenvalue weighted by atomic mass is 16.5. The molecule has 1 atom stereocenters. The number of piperidine rings is 1. The molecule has 2 heterocycles.